The van der Waals surface area contributed by atoms with E-state index in [1.165, 1.54) is 0 Å². The molecule has 0 rings (SSSR count). The Bertz CT molecular complexity index is 294. The number of hydrogen-bond acceptors (Lipinski definition) is 5. The maximum absolute atomic E-state index is 7.08. The van der Waals surface area contributed by atoms with Gasteiger partial charge in [0.15, 0.2) is 11.7 Å². The van der Waals surface area contributed by atoms with E-state index in [0.717, 1.165) is 12.8 Å². The van der Waals surface area contributed by atoms with Crippen molar-refractivity contribution in [2.24, 2.45) is 11.8 Å². The van der Waals surface area contributed by atoms with Crippen LogP contribution in [0.2, 0.25) is 0 Å². The highest BCUT2D eigenvalue weighted by Crippen LogP contribution is 2.39. The normalized spacial score (nSPS) is 16.7. The monoisotopic (exact) mass is 330 g/mol. The first-order valence-corrected chi connectivity index (χ1v) is 8.84. The van der Waals surface area contributed by atoms with E-state index in [-0.39, 0.29) is 0 Å². The first kappa shape index (κ1) is 22.8. The zero-order chi connectivity index (χ0) is 18.6. The van der Waals surface area contributed by atoms with Crippen LogP contribution in [0.3, 0.4) is 0 Å². The lowest BCUT2D eigenvalue weighted by Crippen LogP contribution is -2.72. The van der Waals surface area contributed by atoms with E-state index in [4.69, 9.17) is 4.74 Å². The fraction of sp³-hybridized carbons (Fsp3) is 1.00. The summed E-state index contributed by atoms with van der Waals surface area (Å²) >= 11 is 0. The molecule has 0 aliphatic heterocycles. The lowest BCUT2D eigenvalue weighted by molar-refractivity contribution is -0.379. The minimum atomic E-state index is -0.479. The minimum Gasteiger partial charge on any atom is -0.311 e. The van der Waals surface area contributed by atoms with E-state index in [2.05, 4.69) is 104 Å². The van der Waals surface area contributed by atoms with Gasteiger partial charge in [0.05, 0.1) is 0 Å². The van der Waals surface area contributed by atoms with Crippen LogP contribution in [-0.4, -0.2) is 87.7 Å². The largest absolute Gasteiger partial charge is 0.311 e. The molecule has 0 aromatic rings. The van der Waals surface area contributed by atoms with Gasteiger partial charge in [0.1, 0.15) is 0 Å². The van der Waals surface area contributed by atoms with Gasteiger partial charge in [0, 0.05) is 11.8 Å². The molecule has 0 N–H and O–H groups in total. The lowest BCUT2D eigenvalue weighted by atomic mass is 9.96. The molecule has 0 aromatic heterocycles. The molecule has 0 aliphatic rings. The van der Waals surface area contributed by atoms with E-state index in [9.17, 15) is 0 Å². The van der Waals surface area contributed by atoms with Gasteiger partial charge >= 0.3 is 0 Å². The van der Waals surface area contributed by atoms with E-state index >= 15 is 0 Å². The van der Waals surface area contributed by atoms with Crippen molar-refractivity contribution in [3.05, 3.63) is 0 Å². The van der Waals surface area contributed by atoms with Crippen molar-refractivity contribution in [2.75, 3.05) is 56.4 Å². The van der Waals surface area contributed by atoms with Crippen molar-refractivity contribution in [1.29, 1.82) is 0 Å². The van der Waals surface area contributed by atoms with Crippen molar-refractivity contribution >= 4 is 0 Å². The predicted octanol–water partition coefficient (Wildman–Crippen LogP) is 2.65. The summed E-state index contributed by atoms with van der Waals surface area (Å²) in [6.45, 7) is 9.00. The highest BCUT2D eigenvalue weighted by Gasteiger charge is 2.52. The maximum Gasteiger partial charge on any atom is 0.184 e. The van der Waals surface area contributed by atoms with Crippen LogP contribution in [0, 0.1) is 11.8 Å². The Balaban J connectivity index is 6.26. The van der Waals surface area contributed by atoms with Gasteiger partial charge < -0.3 is 4.74 Å². The molecule has 0 aromatic carbocycles. The molecule has 5 heteroatoms. The molecule has 0 saturated carbocycles. The van der Waals surface area contributed by atoms with E-state index in [0.29, 0.717) is 11.8 Å². The summed E-state index contributed by atoms with van der Waals surface area (Å²) in [5.41, 5.74) is 0. The Morgan fingerprint density at radius 1 is 0.609 bits per heavy atom. The highest BCUT2D eigenvalue weighted by molar-refractivity contribution is 4.89. The second-order valence-electron chi connectivity index (χ2n) is 7.62. The quantitative estimate of drug-likeness (QED) is 0.573. The first-order chi connectivity index (χ1) is 10.4. The van der Waals surface area contributed by atoms with Crippen LogP contribution in [-0.2, 0) is 4.74 Å². The van der Waals surface area contributed by atoms with Crippen LogP contribution in [0.25, 0.3) is 0 Å². The third-order valence-electron chi connectivity index (χ3n) is 5.37. The second-order valence-corrected chi connectivity index (χ2v) is 7.62. The highest BCUT2D eigenvalue weighted by atomic mass is 16.6. The van der Waals surface area contributed by atoms with Gasteiger partial charge in [-0.05, 0) is 69.2 Å². The van der Waals surface area contributed by atoms with Crippen LogP contribution in [0.1, 0.15) is 40.5 Å². The standard InChI is InChI=1S/C18H42N4O/c1-13-15(3)17(19(5)6,20(7)8)23-18(21(9)10,22(11)12)16(4)14-2/h15-16H,13-14H2,1-12H3. The Hall–Kier alpha value is -0.200. The molecule has 0 radical (unpaired) electrons. The summed E-state index contributed by atoms with van der Waals surface area (Å²) in [5, 5.41) is 0. The number of hydrogen-bond donors (Lipinski definition) is 0. The molecule has 0 bridgehead atoms. The minimum absolute atomic E-state index is 0.357. The molecule has 2 atom stereocenters. The SMILES string of the molecule is CCC(C)C(OC(C(C)CC)(N(C)C)N(C)C)(N(C)C)N(C)C. The zero-order valence-electron chi connectivity index (χ0n) is 17.8. The molecule has 5 nitrogen and oxygen atoms in total. The Morgan fingerprint density at radius 2 is 0.826 bits per heavy atom. The van der Waals surface area contributed by atoms with E-state index in [1.54, 1.807) is 0 Å². The Kier molecular flexibility index (Phi) is 8.69. The van der Waals surface area contributed by atoms with Gasteiger partial charge in [0.25, 0.3) is 0 Å². The number of nitrogens with zero attached hydrogens (tertiary/aromatic N) is 4. The summed E-state index contributed by atoms with van der Waals surface area (Å²) in [4.78, 5) is 8.85. The van der Waals surface area contributed by atoms with Crippen molar-refractivity contribution in [3.63, 3.8) is 0 Å². The van der Waals surface area contributed by atoms with Crippen molar-refractivity contribution in [2.45, 2.75) is 52.2 Å². The topological polar surface area (TPSA) is 22.2 Å². The third kappa shape index (κ3) is 4.07. The molecule has 0 aliphatic carbocycles. The van der Waals surface area contributed by atoms with Crippen molar-refractivity contribution < 1.29 is 4.74 Å². The molecule has 140 valence electrons. The van der Waals surface area contributed by atoms with Crippen LogP contribution in [0.5, 0.6) is 0 Å². The molecular weight excluding hydrogens is 288 g/mol. The van der Waals surface area contributed by atoms with Gasteiger partial charge in [-0.15, -0.1) is 0 Å². The number of ether oxygens (including phenoxy) is 1. The molecule has 23 heavy (non-hydrogen) atoms. The molecule has 0 spiro atoms. The Labute approximate surface area is 145 Å². The Morgan fingerprint density at radius 3 is 0.957 bits per heavy atom. The fourth-order valence-electron chi connectivity index (χ4n) is 3.88. The molecule has 0 fully saturated rings. The van der Waals surface area contributed by atoms with Crippen LogP contribution in [0.15, 0.2) is 0 Å². The van der Waals surface area contributed by atoms with E-state index in [1.807, 2.05) is 0 Å². The average molecular weight is 331 g/mol. The predicted molar refractivity (Wildman–Crippen MR) is 100 cm³/mol. The summed E-state index contributed by atoms with van der Waals surface area (Å²) in [7, 11) is 16.9. The smallest absolute Gasteiger partial charge is 0.184 e. The van der Waals surface area contributed by atoms with Gasteiger partial charge in [-0.25, -0.2) is 0 Å². The lowest BCUT2D eigenvalue weighted by Gasteiger charge is -2.58. The van der Waals surface area contributed by atoms with E-state index < -0.39 is 11.7 Å². The molecule has 0 amide bonds. The molecule has 0 saturated heterocycles. The van der Waals surface area contributed by atoms with Crippen LogP contribution >= 0.6 is 0 Å². The fourth-order valence-corrected chi connectivity index (χ4v) is 3.88. The molecular formula is C18H42N4O. The second kappa shape index (κ2) is 8.77. The summed E-state index contributed by atoms with van der Waals surface area (Å²) in [6, 6.07) is 0. The van der Waals surface area contributed by atoms with Crippen molar-refractivity contribution in [3.8, 4) is 0 Å². The van der Waals surface area contributed by atoms with Gasteiger partial charge in [-0.1, -0.05) is 27.7 Å². The van der Waals surface area contributed by atoms with Crippen molar-refractivity contribution in [1.82, 2.24) is 19.6 Å². The average Bonchev–Trinajstić information content (AvgIpc) is 2.45. The summed E-state index contributed by atoms with van der Waals surface area (Å²) < 4.78 is 7.08. The third-order valence-corrected chi connectivity index (χ3v) is 5.37. The van der Waals surface area contributed by atoms with Gasteiger partial charge in [-0.2, -0.15) is 0 Å². The van der Waals surface area contributed by atoms with Crippen LogP contribution in [0.4, 0.5) is 0 Å². The first-order valence-electron chi connectivity index (χ1n) is 8.84. The molecule has 0 heterocycles. The summed E-state index contributed by atoms with van der Waals surface area (Å²) in [5.74, 6) is -0.244. The van der Waals surface area contributed by atoms with Gasteiger partial charge in [0.2, 0.25) is 0 Å². The van der Waals surface area contributed by atoms with Crippen LogP contribution < -0.4 is 0 Å². The van der Waals surface area contributed by atoms with Gasteiger partial charge in [-0.3, -0.25) is 19.6 Å². The maximum atomic E-state index is 7.08. The molecule has 2 unspecified atom stereocenters. The zero-order valence-corrected chi connectivity index (χ0v) is 17.8. The number of rotatable bonds is 10. The summed E-state index contributed by atoms with van der Waals surface area (Å²) in [6.07, 6.45) is 2.10.